The average molecular weight is 276 g/mol. The van der Waals surface area contributed by atoms with Crippen molar-refractivity contribution in [1.82, 2.24) is 14.9 Å². The van der Waals surface area contributed by atoms with Gasteiger partial charge < -0.3 is 9.88 Å². The van der Waals surface area contributed by atoms with Crippen LogP contribution in [0.5, 0.6) is 0 Å². The normalized spacial score (nSPS) is 10.7. The summed E-state index contributed by atoms with van der Waals surface area (Å²) in [4.78, 5) is 4.02. The van der Waals surface area contributed by atoms with E-state index < -0.39 is 0 Å². The molecule has 0 fully saturated rings. The first-order valence-corrected chi connectivity index (χ1v) is 6.88. The lowest BCUT2D eigenvalue weighted by Crippen LogP contribution is -2.04. The van der Waals surface area contributed by atoms with Crippen molar-refractivity contribution in [1.29, 1.82) is 5.26 Å². The lowest BCUT2D eigenvalue weighted by molar-refractivity contribution is 0.794. The van der Waals surface area contributed by atoms with Crippen molar-refractivity contribution in [2.75, 3.05) is 7.05 Å². The molecule has 3 aromatic rings. The molecule has 3 rings (SSSR count). The Morgan fingerprint density at radius 3 is 2.95 bits per heavy atom. The molecule has 21 heavy (non-hydrogen) atoms. The van der Waals surface area contributed by atoms with E-state index in [0.29, 0.717) is 5.69 Å². The standard InChI is InChI=1S/C17H16N4/c1-19-10-14-12-21(17-5-3-2-4-16(14)17)11-13-6-7-20-15(8-13)9-18/h2-8,12,19H,10-11H2,1H3. The summed E-state index contributed by atoms with van der Waals surface area (Å²) in [6.45, 7) is 1.58. The first-order valence-electron chi connectivity index (χ1n) is 6.88. The Balaban J connectivity index is 2.02. The van der Waals surface area contributed by atoms with Gasteiger partial charge in [0.05, 0.1) is 0 Å². The first kappa shape index (κ1) is 13.3. The maximum atomic E-state index is 8.95. The first-order chi connectivity index (χ1) is 10.3. The number of pyridine rings is 1. The molecule has 0 bridgehead atoms. The molecule has 0 aliphatic carbocycles. The summed E-state index contributed by atoms with van der Waals surface area (Å²) in [6, 6.07) is 14.3. The number of aromatic nitrogens is 2. The van der Waals surface area contributed by atoms with Crippen LogP contribution in [-0.4, -0.2) is 16.6 Å². The predicted molar refractivity (Wildman–Crippen MR) is 82.8 cm³/mol. The van der Waals surface area contributed by atoms with Crippen molar-refractivity contribution >= 4 is 10.9 Å². The zero-order valence-corrected chi connectivity index (χ0v) is 11.9. The van der Waals surface area contributed by atoms with Gasteiger partial charge in [-0.2, -0.15) is 5.26 Å². The van der Waals surface area contributed by atoms with Crippen molar-refractivity contribution in [3.63, 3.8) is 0 Å². The van der Waals surface area contributed by atoms with Crippen LogP contribution < -0.4 is 5.32 Å². The fourth-order valence-corrected chi connectivity index (χ4v) is 2.62. The number of rotatable bonds is 4. The molecule has 0 spiro atoms. The van der Waals surface area contributed by atoms with E-state index in [9.17, 15) is 0 Å². The van der Waals surface area contributed by atoms with E-state index in [0.717, 1.165) is 18.7 Å². The number of hydrogen-bond donors (Lipinski definition) is 1. The van der Waals surface area contributed by atoms with Gasteiger partial charge in [0.15, 0.2) is 0 Å². The summed E-state index contributed by atoms with van der Waals surface area (Å²) < 4.78 is 2.22. The molecule has 4 heteroatoms. The molecule has 2 aromatic heterocycles. The molecule has 2 heterocycles. The van der Waals surface area contributed by atoms with Gasteiger partial charge in [0.2, 0.25) is 0 Å². The Hall–Kier alpha value is -2.64. The van der Waals surface area contributed by atoms with Crippen molar-refractivity contribution in [3.8, 4) is 6.07 Å². The molecule has 0 aliphatic heterocycles. The third-order valence-corrected chi connectivity index (χ3v) is 3.53. The minimum Gasteiger partial charge on any atom is -0.343 e. The van der Waals surface area contributed by atoms with Crippen LogP contribution in [0.15, 0.2) is 48.8 Å². The molecular weight excluding hydrogens is 260 g/mol. The Morgan fingerprint density at radius 2 is 2.14 bits per heavy atom. The quantitative estimate of drug-likeness (QED) is 0.797. The van der Waals surface area contributed by atoms with Gasteiger partial charge in [-0.25, -0.2) is 4.98 Å². The largest absolute Gasteiger partial charge is 0.343 e. The lowest BCUT2D eigenvalue weighted by atomic mass is 10.2. The maximum absolute atomic E-state index is 8.95. The lowest BCUT2D eigenvalue weighted by Gasteiger charge is -2.05. The molecule has 0 saturated heterocycles. The molecule has 1 aromatic carbocycles. The second-order valence-electron chi connectivity index (χ2n) is 4.99. The molecule has 0 atom stereocenters. The van der Waals surface area contributed by atoms with E-state index in [-0.39, 0.29) is 0 Å². The highest BCUT2D eigenvalue weighted by atomic mass is 15.0. The van der Waals surface area contributed by atoms with E-state index in [4.69, 9.17) is 5.26 Å². The summed E-state index contributed by atoms with van der Waals surface area (Å²) in [6.07, 6.45) is 3.86. The van der Waals surface area contributed by atoms with Crippen LogP contribution in [0.2, 0.25) is 0 Å². The molecule has 0 unspecified atom stereocenters. The number of para-hydroxylation sites is 1. The van der Waals surface area contributed by atoms with Crippen molar-refractivity contribution in [3.05, 3.63) is 65.6 Å². The second-order valence-corrected chi connectivity index (χ2v) is 4.99. The molecule has 0 aliphatic rings. The molecule has 104 valence electrons. The van der Waals surface area contributed by atoms with E-state index >= 15 is 0 Å². The van der Waals surface area contributed by atoms with Crippen LogP contribution >= 0.6 is 0 Å². The number of nitrogens with zero attached hydrogens (tertiary/aromatic N) is 3. The van der Waals surface area contributed by atoms with Gasteiger partial charge in [-0.3, -0.25) is 0 Å². The predicted octanol–water partition coefficient (Wildman–Crippen LogP) is 2.68. The average Bonchev–Trinajstić information content (AvgIpc) is 2.86. The zero-order valence-electron chi connectivity index (χ0n) is 11.9. The van der Waals surface area contributed by atoms with Crippen LogP contribution in [0.1, 0.15) is 16.8 Å². The van der Waals surface area contributed by atoms with E-state index in [1.54, 1.807) is 6.20 Å². The summed E-state index contributed by atoms with van der Waals surface area (Å²) in [7, 11) is 1.95. The second kappa shape index (κ2) is 5.78. The third-order valence-electron chi connectivity index (χ3n) is 3.53. The minimum absolute atomic E-state index is 0.458. The molecule has 4 nitrogen and oxygen atoms in total. The van der Waals surface area contributed by atoms with Gasteiger partial charge in [-0.15, -0.1) is 0 Å². The van der Waals surface area contributed by atoms with Crippen molar-refractivity contribution < 1.29 is 0 Å². The zero-order chi connectivity index (χ0) is 14.7. The Labute approximate surface area is 123 Å². The number of nitriles is 1. The van der Waals surface area contributed by atoms with Crippen LogP contribution in [-0.2, 0) is 13.1 Å². The van der Waals surface area contributed by atoms with Crippen molar-refractivity contribution in [2.45, 2.75) is 13.1 Å². The van der Waals surface area contributed by atoms with Gasteiger partial charge in [0.1, 0.15) is 11.8 Å². The van der Waals surface area contributed by atoms with Crippen LogP contribution in [0.3, 0.4) is 0 Å². The minimum atomic E-state index is 0.458. The van der Waals surface area contributed by atoms with E-state index in [1.807, 2.05) is 19.2 Å². The Morgan fingerprint density at radius 1 is 1.29 bits per heavy atom. The van der Waals surface area contributed by atoms with Gasteiger partial charge in [-0.1, -0.05) is 18.2 Å². The van der Waals surface area contributed by atoms with Gasteiger partial charge in [0.25, 0.3) is 0 Å². The fourth-order valence-electron chi connectivity index (χ4n) is 2.62. The monoisotopic (exact) mass is 276 g/mol. The highest BCUT2D eigenvalue weighted by Crippen LogP contribution is 2.22. The van der Waals surface area contributed by atoms with Gasteiger partial charge in [-0.05, 0) is 36.4 Å². The highest BCUT2D eigenvalue weighted by Gasteiger charge is 2.08. The highest BCUT2D eigenvalue weighted by molar-refractivity contribution is 5.84. The molecular formula is C17H16N4. The van der Waals surface area contributed by atoms with E-state index in [2.05, 4.69) is 51.4 Å². The fraction of sp³-hybridized carbons (Fsp3) is 0.176. The van der Waals surface area contributed by atoms with Crippen LogP contribution in [0.4, 0.5) is 0 Å². The molecule has 0 radical (unpaired) electrons. The Bertz CT molecular complexity index is 811. The number of hydrogen-bond acceptors (Lipinski definition) is 3. The molecule has 0 saturated carbocycles. The van der Waals surface area contributed by atoms with Gasteiger partial charge in [0, 0.05) is 36.4 Å². The summed E-state index contributed by atoms with van der Waals surface area (Å²) in [5, 5.41) is 13.4. The van der Waals surface area contributed by atoms with Crippen LogP contribution in [0, 0.1) is 11.3 Å². The molecule has 0 amide bonds. The van der Waals surface area contributed by atoms with Crippen LogP contribution in [0.25, 0.3) is 10.9 Å². The maximum Gasteiger partial charge on any atom is 0.140 e. The number of fused-ring (bicyclic) bond motifs is 1. The Kier molecular flexibility index (Phi) is 3.67. The third kappa shape index (κ3) is 2.64. The summed E-state index contributed by atoms with van der Waals surface area (Å²) in [5.41, 5.74) is 4.03. The SMILES string of the molecule is CNCc1cn(Cc2ccnc(C#N)c2)c2ccccc12. The van der Waals surface area contributed by atoms with Gasteiger partial charge >= 0.3 is 0 Å². The van der Waals surface area contributed by atoms with Crippen molar-refractivity contribution in [2.24, 2.45) is 0 Å². The van der Waals surface area contributed by atoms with E-state index in [1.165, 1.54) is 16.5 Å². The summed E-state index contributed by atoms with van der Waals surface area (Å²) >= 11 is 0. The number of nitrogens with one attached hydrogen (secondary N) is 1. The number of benzene rings is 1. The smallest absolute Gasteiger partial charge is 0.140 e. The summed E-state index contributed by atoms with van der Waals surface area (Å²) in [5.74, 6) is 0. The topological polar surface area (TPSA) is 53.6 Å². The molecule has 1 N–H and O–H groups in total.